The fourth-order valence-electron chi connectivity index (χ4n) is 2.68. The van der Waals surface area contributed by atoms with Gasteiger partial charge < -0.3 is 10.2 Å². The zero-order chi connectivity index (χ0) is 14.8. The van der Waals surface area contributed by atoms with Crippen molar-refractivity contribution in [1.29, 1.82) is 0 Å². The van der Waals surface area contributed by atoms with E-state index in [0.29, 0.717) is 12.1 Å². The molecule has 1 unspecified atom stereocenters. The van der Waals surface area contributed by atoms with Crippen LogP contribution in [0.3, 0.4) is 0 Å². The van der Waals surface area contributed by atoms with Crippen LogP contribution in [-0.4, -0.2) is 45.2 Å². The van der Waals surface area contributed by atoms with Crippen LogP contribution >= 0.6 is 0 Å². The maximum Gasteiger partial charge on any atom is 0.257 e. The quantitative estimate of drug-likeness (QED) is 0.891. The SMILES string of the molecule is Cc1c(C(=O)N2CCNCC2c2cccnc2)cnn1C. The summed E-state index contributed by atoms with van der Waals surface area (Å²) < 4.78 is 1.73. The number of carbonyl (C=O) groups is 1. The Morgan fingerprint density at radius 2 is 2.29 bits per heavy atom. The Hall–Kier alpha value is -2.21. The van der Waals surface area contributed by atoms with Crippen LogP contribution in [0, 0.1) is 6.92 Å². The Kier molecular flexibility index (Phi) is 3.70. The molecule has 3 heterocycles. The molecule has 0 aromatic carbocycles. The molecule has 0 bridgehead atoms. The molecule has 0 spiro atoms. The molecule has 1 fully saturated rings. The highest BCUT2D eigenvalue weighted by Gasteiger charge is 2.30. The third-order valence-corrected chi connectivity index (χ3v) is 4.04. The number of aryl methyl sites for hydroxylation is 1. The van der Waals surface area contributed by atoms with E-state index in [4.69, 9.17) is 0 Å². The van der Waals surface area contributed by atoms with Gasteiger partial charge in [0.05, 0.1) is 17.8 Å². The molecular weight excluding hydrogens is 266 g/mol. The fraction of sp³-hybridized carbons (Fsp3) is 0.400. The molecule has 6 nitrogen and oxygen atoms in total. The molecule has 1 aliphatic rings. The average molecular weight is 285 g/mol. The zero-order valence-corrected chi connectivity index (χ0v) is 12.3. The minimum absolute atomic E-state index is 0.0135. The fourth-order valence-corrected chi connectivity index (χ4v) is 2.68. The van der Waals surface area contributed by atoms with Gasteiger partial charge in [0.25, 0.3) is 5.91 Å². The molecule has 21 heavy (non-hydrogen) atoms. The van der Waals surface area contributed by atoms with E-state index >= 15 is 0 Å². The molecule has 1 N–H and O–H groups in total. The van der Waals surface area contributed by atoms with Gasteiger partial charge >= 0.3 is 0 Å². The van der Waals surface area contributed by atoms with Crippen molar-refractivity contribution in [2.45, 2.75) is 13.0 Å². The van der Waals surface area contributed by atoms with Crippen LogP contribution in [0.25, 0.3) is 0 Å². The van der Waals surface area contributed by atoms with Crippen molar-refractivity contribution in [1.82, 2.24) is 25.0 Å². The van der Waals surface area contributed by atoms with Crippen molar-refractivity contribution < 1.29 is 4.79 Å². The van der Waals surface area contributed by atoms with Gasteiger partial charge in [-0.2, -0.15) is 5.10 Å². The maximum atomic E-state index is 12.8. The number of hydrogen-bond acceptors (Lipinski definition) is 4. The summed E-state index contributed by atoms with van der Waals surface area (Å²) in [4.78, 5) is 18.9. The van der Waals surface area contributed by atoms with Crippen molar-refractivity contribution >= 4 is 5.91 Å². The highest BCUT2D eigenvalue weighted by atomic mass is 16.2. The molecule has 0 aliphatic carbocycles. The number of pyridine rings is 1. The number of nitrogens with one attached hydrogen (secondary N) is 1. The second kappa shape index (κ2) is 5.65. The molecule has 3 rings (SSSR count). The first kappa shape index (κ1) is 13.8. The molecule has 6 heteroatoms. The molecule has 0 saturated carbocycles. The summed E-state index contributed by atoms with van der Waals surface area (Å²) in [7, 11) is 1.85. The number of nitrogens with zero attached hydrogens (tertiary/aromatic N) is 4. The second-order valence-electron chi connectivity index (χ2n) is 5.27. The van der Waals surface area contributed by atoms with Gasteiger partial charge in [0.1, 0.15) is 0 Å². The lowest BCUT2D eigenvalue weighted by atomic mass is 10.0. The molecule has 1 atom stereocenters. The largest absolute Gasteiger partial charge is 0.329 e. The number of rotatable bonds is 2. The summed E-state index contributed by atoms with van der Waals surface area (Å²) in [5, 5.41) is 7.52. The number of carbonyl (C=O) groups excluding carboxylic acids is 1. The van der Waals surface area contributed by atoms with Crippen LogP contribution in [0.2, 0.25) is 0 Å². The van der Waals surface area contributed by atoms with Gasteiger partial charge in [-0.3, -0.25) is 14.5 Å². The number of amides is 1. The van der Waals surface area contributed by atoms with Crippen molar-refractivity contribution in [2.24, 2.45) is 7.05 Å². The van der Waals surface area contributed by atoms with Crippen molar-refractivity contribution in [3.05, 3.63) is 47.5 Å². The van der Waals surface area contributed by atoms with Crippen LogP contribution in [0.5, 0.6) is 0 Å². The van der Waals surface area contributed by atoms with E-state index in [9.17, 15) is 4.79 Å². The summed E-state index contributed by atoms with van der Waals surface area (Å²) in [6, 6.07) is 3.93. The molecule has 2 aromatic rings. The molecule has 2 aromatic heterocycles. The van der Waals surface area contributed by atoms with E-state index in [-0.39, 0.29) is 11.9 Å². The van der Waals surface area contributed by atoms with Crippen molar-refractivity contribution in [3.63, 3.8) is 0 Å². The molecular formula is C15H19N5O. The van der Waals surface area contributed by atoms with Crippen LogP contribution in [0.4, 0.5) is 0 Å². The molecule has 110 valence electrons. The third kappa shape index (κ3) is 2.54. The Labute approximate surface area is 123 Å². The van der Waals surface area contributed by atoms with Gasteiger partial charge in [-0.25, -0.2) is 0 Å². The summed E-state index contributed by atoms with van der Waals surface area (Å²) in [6.07, 6.45) is 5.23. The van der Waals surface area contributed by atoms with E-state index in [0.717, 1.165) is 24.3 Å². The predicted molar refractivity (Wildman–Crippen MR) is 78.8 cm³/mol. The van der Waals surface area contributed by atoms with Gasteiger partial charge in [0.2, 0.25) is 0 Å². The van der Waals surface area contributed by atoms with E-state index in [2.05, 4.69) is 15.4 Å². The number of piperazine rings is 1. The Bertz CT molecular complexity index is 637. The monoisotopic (exact) mass is 285 g/mol. The first-order valence-corrected chi connectivity index (χ1v) is 7.08. The average Bonchev–Trinajstić information content (AvgIpc) is 2.87. The van der Waals surface area contributed by atoms with Gasteiger partial charge in [-0.05, 0) is 18.6 Å². The van der Waals surface area contributed by atoms with E-state index in [1.54, 1.807) is 17.1 Å². The lowest BCUT2D eigenvalue weighted by Crippen LogP contribution is -2.48. The number of hydrogen-bond donors (Lipinski definition) is 1. The normalized spacial score (nSPS) is 18.8. The van der Waals surface area contributed by atoms with Crippen LogP contribution < -0.4 is 5.32 Å². The summed E-state index contributed by atoms with van der Waals surface area (Å²) in [5.74, 6) is 0.0379. The topological polar surface area (TPSA) is 63.1 Å². The minimum atomic E-state index is 0.0135. The van der Waals surface area contributed by atoms with Crippen molar-refractivity contribution in [2.75, 3.05) is 19.6 Å². The highest BCUT2D eigenvalue weighted by molar-refractivity contribution is 5.95. The zero-order valence-electron chi connectivity index (χ0n) is 12.3. The number of aromatic nitrogens is 3. The van der Waals surface area contributed by atoms with E-state index in [1.165, 1.54) is 0 Å². The van der Waals surface area contributed by atoms with Crippen molar-refractivity contribution in [3.8, 4) is 0 Å². The minimum Gasteiger partial charge on any atom is -0.329 e. The predicted octanol–water partition coefficient (Wildman–Crippen LogP) is 0.910. The Morgan fingerprint density at radius 3 is 2.95 bits per heavy atom. The summed E-state index contributed by atoms with van der Waals surface area (Å²) >= 11 is 0. The Morgan fingerprint density at radius 1 is 1.43 bits per heavy atom. The third-order valence-electron chi connectivity index (χ3n) is 4.04. The highest BCUT2D eigenvalue weighted by Crippen LogP contribution is 2.24. The lowest BCUT2D eigenvalue weighted by molar-refractivity contribution is 0.0633. The van der Waals surface area contributed by atoms with Gasteiger partial charge in [0, 0.05) is 44.8 Å². The van der Waals surface area contributed by atoms with Gasteiger partial charge in [0.15, 0.2) is 0 Å². The molecule has 0 radical (unpaired) electrons. The first-order valence-electron chi connectivity index (χ1n) is 7.08. The smallest absolute Gasteiger partial charge is 0.257 e. The van der Waals surface area contributed by atoms with Gasteiger partial charge in [-0.1, -0.05) is 6.07 Å². The van der Waals surface area contributed by atoms with Crippen LogP contribution in [-0.2, 0) is 7.05 Å². The molecule has 1 amide bonds. The lowest BCUT2D eigenvalue weighted by Gasteiger charge is -2.36. The summed E-state index contributed by atoms with van der Waals surface area (Å²) in [5.41, 5.74) is 2.62. The Balaban J connectivity index is 1.91. The maximum absolute atomic E-state index is 12.8. The first-order chi connectivity index (χ1) is 10.2. The standard InChI is InChI=1S/C15H19N5O/c1-11-13(9-18-19(11)2)15(21)20-7-6-17-10-14(20)12-4-3-5-16-8-12/h3-5,8-9,14,17H,6-7,10H2,1-2H3. The van der Waals surface area contributed by atoms with E-state index in [1.807, 2.05) is 37.2 Å². The molecule has 1 saturated heterocycles. The van der Waals surface area contributed by atoms with Gasteiger partial charge in [-0.15, -0.1) is 0 Å². The van der Waals surface area contributed by atoms with E-state index < -0.39 is 0 Å². The summed E-state index contributed by atoms with van der Waals surface area (Å²) in [6.45, 7) is 4.16. The molecule has 1 aliphatic heterocycles. The second-order valence-corrected chi connectivity index (χ2v) is 5.27. The van der Waals surface area contributed by atoms with Crippen LogP contribution in [0.15, 0.2) is 30.7 Å². The van der Waals surface area contributed by atoms with Crippen LogP contribution in [0.1, 0.15) is 27.7 Å².